The number of rotatable bonds is 2. The van der Waals surface area contributed by atoms with Gasteiger partial charge in [-0.2, -0.15) is 0 Å². The lowest BCUT2D eigenvalue weighted by Gasteiger charge is -2.27. The Morgan fingerprint density at radius 3 is 2.38 bits per heavy atom. The van der Waals surface area contributed by atoms with E-state index in [1.54, 1.807) is 20.8 Å². The van der Waals surface area contributed by atoms with Crippen LogP contribution in [0.3, 0.4) is 0 Å². The van der Waals surface area contributed by atoms with E-state index in [2.05, 4.69) is 5.32 Å². The molecule has 5 nitrogen and oxygen atoms in total. The Balaban J connectivity index is 2.88. The summed E-state index contributed by atoms with van der Waals surface area (Å²) in [6.07, 6.45) is -1.74. The van der Waals surface area contributed by atoms with Gasteiger partial charge in [-0.3, -0.25) is 5.32 Å². The molecule has 0 aromatic rings. The number of halogens is 1. The van der Waals surface area contributed by atoms with Crippen LogP contribution in [-0.2, 0) is 14.3 Å². The van der Waals surface area contributed by atoms with Gasteiger partial charge in [0, 0.05) is 13.0 Å². The SMILES string of the molecule is CC(C)(C)OC(=O)C1(C(=O)O)CC(F)CN1. The molecule has 0 aliphatic carbocycles. The number of ether oxygens (including phenoxy) is 1. The largest absolute Gasteiger partial charge is 0.479 e. The molecule has 0 aromatic carbocycles. The molecule has 0 radical (unpaired) electrons. The van der Waals surface area contributed by atoms with Gasteiger partial charge in [0.15, 0.2) is 0 Å². The molecule has 16 heavy (non-hydrogen) atoms. The Bertz CT molecular complexity index is 312. The molecule has 1 fully saturated rings. The predicted molar refractivity (Wildman–Crippen MR) is 53.7 cm³/mol. The molecule has 6 heteroatoms. The number of carbonyl (C=O) groups excluding carboxylic acids is 1. The monoisotopic (exact) mass is 233 g/mol. The van der Waals surface area contributed by atoms with E-state index in [1.165, 1.54) is 0 Å². The Morgan fingerprint density at radius 1 is 1.50 bits per heavy atom. The smallest absolute Gasteiger partial charge is 0.338 e. The van der Waals surface area contributed by atoms with Crippen molar-refractivity contribution in [3.8, 4) is 0 Å². The normalized spacial score (nSPS) is 30.1. The molecule has 2 atom stereocenters. The Kier molecular flexibility index (Phi) is 3.23. The molecular weight excluding hydrogens is 217 g/mol. The summed E-state index contributed by atoms with van der Waals surface area (Å²) in [6.45, 7) is 4.73. The van der Waals surface area contributed by atoms with Gasteiger partial charge in [-0.1, -0.05) is 0 Å². The zero-order valence-electron chi connectivity index (χ0n) is 9.54. The predicted octanol–water partition coefficient (Wildman–Crippen LogP) is 0.483. The van der Waals surface area contributed by atoms with Crippen molar-refractivity contribution in [3.05, 3.63) is 0 Å². The molecule has 1 aliphatic rings. The van der Waals surface area contributed by atoms with Crippen LogP contribution in [0.1, 0.15) is 27.2 Å². The highest BCUT2D eigenvalue weighted by molar-refractivity contribution is 6.04. The minimum Gasteiger partial charge on any atom is -0.479 e. The van der Waals surface area contributed by atoms with Crippen molar-refractivity contribution >= 4 is 11.9 Å². The van der Waals surface area contributed by atoms with Crippen LogP contribution in [0.15, 0.2) is 0 Å². The van der Waals surface area contributed by atoms with Crippen LogP contribution < -0.4 is 5.32 Å². The number of carbonyl (C=O) groups is 2. The third kappa shape index (κ3) is 2.49. The maximum absolute atomic E-state index is 13.0. The first-order valence-electron chi connectivity index (χ1n) is 5.03. The minimum atomic E-state index is -1.94. The average Bonchev–Trinajstić information content (AvgIpc) is 2.45. The molecule has 0 amide bonds. The highest BCUT2D eigenvalue weighted by Gasteiger charge is 2.54. The second-order valence-electron chi connectivity index (χ2n) is 4.89. The fraction of sp³-hybridized carbons (Fsp3) is 0.800. The Morgan fingerprint density at radius 2 is 2.06 bits per heavy atom. The van der Waals surface area contributed by atoms with E-state index >= 15 is 0 Å². The molecule has 0 bridgehead atoms. The number of carboxylic acids is 1. The maximum Gasteiger partial charge on any atom is 0.338 e. The van der Waals surface area contributed by atoms with Gasteiger partial charge in [0.05, 0.1) is 0 Å². The number of nitrogens with one attached hydrogen (secondary N) is 1. The molecule has 2 unspecified atom stereocenters. The van der Waals surface area contributed by atoms with Crippen LogP contribution in [0.2, 0.25) is 0 Å². The van der Waals surface area contributed by atoms with Crippen LogP contribution in [0.25, 0.3) is 0 Å². The molecule has 0 saturated carbocycles. The van der Waals surface area contributed by atoms with Crippen LogP contribution in [0.4, 0.5) is 4.39 Å². The first-order valence-corrected chi connectivity index (χ1v) is 5.03. The maximum atomic E-state index is 13.0. The van der Waals surface area contributed by atoms with Crippen molar-refractivity contribution < 1.29 is 23.8 Å². The van der Waals surface area contributed by atoms with Gasteiger partial charge in [-0.05, 0) is 20.8 Å². The first kappa shape index (κ1) is 12.9. The zero-order valence-corrected chi connectivity index (χ0v) is 9.54. The quantitative estimate of drug-likeness (QED) is 0.536. The summed E-state index contributed by atoms with van der Waals surface area (Å²) in [6, 6.07) is 0. The molecule has 2 N–H and O–H groups in total. The third-order valence-electron chi connectivity index (χ3n) is 2.27. The second kappa shape index (κ2) is 4.01. The highest BCUT2D eigenvalue weighted by Crippen LogP contribution is 2.25. The Hall–Kier alpha value is -1.17. The average molecular weight is 233 g/mol. The van der Waals surface area contributed by atoms with E-state index in [-0.39, 0.29) is 6.54 Å². The van der Waals surface area contributed by atoms with Crippen LogP contribution in [0.5, 0.6) is 0 Å². The zero-order chi connectivity index (χ0) is 12.6. The summed E-state index contributed by atoms with van der Waals surface area (Å²) in [5.41, 5.74) is -2.73. The standard InChI is InChI=1S/C10H16FNO4/c1-9(2,3)16-8(15)10(7(13)14)4-6(11)5-12-10/h6,12H,4-5H2,1-3H3,(H,13,14). The molecule has 1 rings (SSSR count). The van der Waals surface area contributed by atoms with E-state index in [0.717, 1.165) is 0 Å². The van der Waals surface area contributed by atoms with Gasteiger partial charge in [-0.25, -0.2) is 14.0 Å². The van der Waals surface area contributed by atoms with Gasteiger partial charge < -0.3 is 9.84 Å². The second-order valence-corrected chi connectivity index (χ2v) is 4.89. The van der Waals surface area contributed by atoms with E-state index < -0.39 is 35.7 Å². The van der Waals surface area contributed by atoms with Crippen molar-refractivity contribution in [1.82, 2.24) is 5.32 Å². The van der Waals surface area contributed by atoms with Gasteiger partial charge >= 0.3 is 11.9 Å². The lowest BCUT2D eigenvalue weighted by Crippen LogP contribution is -2.56. The van der Waals surface area contributed by atoms with Crippen molar-refractivity contribution in [2.24, 2.45) is 0 Å². The van der Waals surface area contributed by atoms with Crippen LogP contribution >= 0.6 is 0 Å². The topological polar surface area (TPSA) is 75.6 Å². The van der Waals surface area contributed by atoms with E-state index in [1.807, 2.05) is 0 Å². The number of alkyl halides is 1. The molecule has 0 spiro atoms. The summed E-state index contributed by atoms with van der Waals surface area (Å²) in [5, 5.41) is 11.4. The molecule has 1 aliphatic heterocycles. The fourth-order valence-corrected chi connectivity index (χ4v) is 1.53. The molecule has 0 aromatic heterocycles. The van der Waals surface area contributed by atoms with E-state index in [0.29, 0.717) is 0 Å². The number of esters is 1. The van der Waals surface area contributed by atoms with Crippen LogP contribution in [-0.4, -0.2) is 40.9 Å². The highest BCUT2D eigenvalue weighted by atomic mass is 19.1. The fourth-order valence-electron chi connectivity index (χ4n) is 1.53. The molecular formula is C10H16FNO4. The van der Waals surface area contributed by atoms with Gasteiger partial charge in [0.25, 0.3) is 0 Å². The summed E-state index contributed by atoms with van der Waals surface area (Å²) >= 11 is 0. The lowest BCUT2D eigenvalue weighted by atomic mass is 9.97. The summed E-state index contributed by atoms with van der Waals surface area (Å²) in [5.74, 6) is -2.34. The van der Waals surface area contributed by atoms with Gasteiger partial charge in [0.2, 0.25) is 5.54 Å². The molecule has 1 heterocycles. The Labute approximate surface area is 93.0 Å². The summed E-state index contributed by atoms with van der Waals surface area (Å²) in [7, 11) is 0. The third-order valence-corrected chi connectivity index (χ3v) is 2.27. The number of hydrogen-bond donors (Lipinski definition) is 2. The van der Waals surface area contributed by atoms with Gasteiger partial charge in [-0.15, -0.1) is 0 Å². The molecule has 1 saturated heterocycles. The van der Waals surface area contributed by atoms with E-state index in [9.17, 15) is 14.0 Å². The van der Waals surface area contributed by atoms with E-state index in [4.69, 9.17) is 9.84 Å². The number of carboxylic acid groups (broad SMARTS) is 1. The van der Waals surface area contributed by atoms with Crippen molar-refractivity contribution in [2.45, 2.75) is 44.5 Å². The summed E-state index contributed by atoms with van der Waals surface area (Å²) in [4.78, 5) is 22.8. The molecule has 92 valence electrons. The van der Waals surface area contributed by atoms with Crippen LogP contribution in [0, 0.1) is 0 Å². The van der Waals surface area contributed by atoms with Crippen molar-refractivity contribution in [2.75, 3.05) is 6.54 Å². The summed E-state index contributed by atoms with van der Waals surface area (Å²) < 4.78 is 18.0. The number of hydrogen-bond acceptors (Lipinski definition) is 4. The van der Waals surface area contributed by atoms with Crippen molar-refractivity contribution in [3.63, 3.8) is 0 Å². The minimum absolute atomic E-state index is 0.147. The first-order chi connectivity index (χ1) is 7.17. The van der Waals surface area contributed by atoms with Gasteiger partial charge in [0.1, 0.15) is 11.8 Å². The van der Waals surface area contributed by atoms with Crippen molar-refractivity contribution in [1.29, 1.82) is 0 Å². The number of aliphatic carboxylic acids is 1. The lowest BCUT2D eigenvalue weighted by molar-refractivity contribution is -0.170.